The van der Waals surface area contributed by atoms with Gasteiger partial charge in [0.15, 0.2) is 0 Å². The molecule has 10 nitrogen and oxygen atoms in total. The molecule has 0 radical (unpaired) electrons. The minimum atomic E-state index is -2.47. The van der Waals surface area contributed by atoms with E-state index in [1.807, 2.05) is 18.2 Å². The van der Waals surface area contributed by atoms with Crippen LogP contribution in [0.1, 0.15) is 5.56 Å². The van der Waals surface area contributed by atoms with Crippen molar-refractivity contribution in [3.8, 4) is 11.3 Å². The third-order valence-electron chi connectivity index (χ3n) is 6.33. The molecule has 0 amide bonds. The summed E-state index contributed by atoms with van der Waals surface area (Å²) in [4.78, 5) is 18.4. The van der Waals surface area contributed by atoms with Crippen molar-refractivity contribution in [1.29, 1.82) is 0 Å². The van der Waals surface area contributed by atoms with E-state index in [4.69, 9.17) is 10.7 Å². The number of piperazine rings is 1. The number of aromatic nitrogens is 3. The Kier molecular flexibility index (Phi) is 6.99. The number of hydrogen-bond donors (Lipinski definition) is 3. The topological polar surface area (TPSA) is 135 Å². The number of hydrogen-bond acceptors (Lipinski definition) is 9. The highest BCUT2D eigenvalue weighted by Gasteiger charge is 2.15. The summed E-state index contributed by atoms with van der Waals surface area (Å²) in [5.41, 5.74) is 11.1. The van der Waals surface area contributed by atoms with Gasteiger partial charge in [-0.1, -0.05) is 24.8 Å². The van der Waals surface area contributed by atoms with Gasteiger partial charge in [-0.05, 0) is 49.0 Å². The first kappa shape index (κ1) is 24.6. The normalized spacial score (nSPS) is 14.9. The van der Waals surface area contributed by atoms with E-state index in [2.05, 4.69) is 55.6 Å². The minimum Gasteiger partial charge on any atom is -0.755 e. The first-order valence-electron chi connectivity index (χ1n) is 11.8. The monoisotopic (exact) mass is 515 g/mol. The molecule has 2 aromatic carbocycles. The second-order valence-corrected chi connectivity index (χ2v) is 9.52. The molecule has 0 aliphatic carbocycles. The zero-order chi connectivity index (χ0) is 25.9. The van der Waals surface area contributed by atoms with Crippen molar-refractivity contribution in [2.75, 3.05) is 49.2 Å². The molecule has 1 fully saturated rings. The summed E-state index contributed by atoms with van der Waals surface area (Å²) in [5.74, 6) is 0.685. The summed E-state index contributed by atoms with van der Waals surface area (Å²) in [6.07, 6.45) is 1.65. The molecule has 37 heavy (non-hydrogen) atoms. The quantitative estimate of drug-likeness (QED) is 0.317. The van der Waals surface area contributed by atoms with Crippen LogP contribution in [0.5, 0.6) is 0 Å². The maximum absolute atomic E-state index is 11.0. The highest BCUT2D eigenvalue weighted by Crippen LogP contribution is 2.30. The van der Waals surface area contributed by atoms with Crippen molar-refractivity contribution in [1.82, 2.24) is 24.6 Å². The minimum absolute atomic E-state index is 0.256. The lowest BCUT2D eigenvalue weighted by molar-refractivity contribution is 0.313. The number of benzene rings is 2. The molecular weight excluding hydrogens is 488 g/mol. The Hall–Kier alpha value is -4.06. The van der Waals surface area contributed by atoms with Gasteiger partial charge >= 0.3 is 0 Å². The van der Waals surface area contributed by atoms with E-state index in [0.29, 0.717) is 33.9 Å². The van der Waals surface area contributed by atoms with Crippen LogP contribution in [0.2, 0.25) is 0 Å². The van der Waals surface area contributed by atoms with Crippen molar-refractivity contribution >= 4 is 51.0 Å². The van der Waals surface area contributed by atoms with Gasteiger partial charge in [0, 0.05) is 71.7 Å². The largest absolute Gasteiger partial charge is 0.755 e. The molecule has 1 aliphatic rings. The molecule has 0 saturated carbocycles. The summed E-state index contributed by atoms with van der Waals surface area (Å²) in [5, 5.41) is 3.92. The van der Waals surface area contributed by atoms with Crippen LogP contribution >= 0.6 is 0 Å². The van der Waals surface area contributed by atoms with Gasteiger partial charge in [0.1, 0.15) is 11.3 Å². The number of likely N-dealkylation sites (N-methyl/N-ethyl adjacent to an activating group) is 1. The van der Waals surface area contributed by atoms with Crippen LogP contribution in [0.25, 0.3) is 27.9 Å². The molecule has 190 valence electrons. The van der Waals surface area contributed by atoms with Crippen LogP contribution in [-0.2, 0) is 11.3 Å². The Balaban J connectivity index is 1.43. The van der Waals surface area contributed by atoms with Crippen LogP contribution in [0.15, 0.2) is 67.4 Å². The van der Waals surface area contributed by atoms with E-state index < -0.39 is 11.3 Å². The summed E-state index contributed by atoms with van der Waals surface area (Å²) in [6.45, 7) is 7.89. The third kappa shape index (κ3) is 5.53. The molecule has 11 heteroatoms. The Bertz CT molecular complexity index is 1470. The van der Waals surface area contributed by atoms with Gasteiger partial charge in [0.25, 0.3) is 0 Å². The number of rotatable bonds is 7. The fourth-order valence-electron chi connectivity index (χ4n) is 4.31. The van der Waals surface area contributed by atoms with Crippen molar-refractivity contribution in [2.45, 2.75) is 0 Å². The predicted molar refractivity (Wildman–Crippen MR) is 148 cm³/mol. The number of nitrogens with zero attached hydrogens (tertiary/aromatic N) is 5. The van der Waals surface area contributed by atoms with Crippen molar-refractivity contribution in [2.24, 2.45) is 0 Å². The molecule has 1 unspecified atom stereocenters. The predicted octanol–water partition coefficient (Wildman–Crippen LogP) is 3.12. The molecule has 2 aromatic heterocycles. The second-order valence-electron chi connectivity index (χ2n) is 8.85. The summed E-state index contributed by atoms with van der Waals surface area (Å²) in [6, 6.07) is 17.2. The average Bonchev–Trinajstić information content (AvgIpc) is 2.89. The van der Waals surface area contributed by atoms with E-state index in [0.717, 1.165) is 37.4 Å². The number of fused-ring (bicyclic) bond motifs is 1. The maximum Gasteiger partial charge on any atom is 0.229 e. The van der Waals surface area contributed by atoms with Crippen LogP contribution in [0.3, 0.4) is 0 Å². The number of pyridine rings is 1. The molecule has 4 aromatic rings. The number of anilines is 4. The molecule has 1 atom stereocenters. The Labute approximate surface area is 217 Å². The van der Waals surface area contributed by atoms with Crippen LogP contribution < -0.4 is 20.7 Å². The maximum atomic E-state index is 11.0. The van der Waals surface area contributed by atoms with Crippen molar-refractivity contribution < 1.29 is 8.76 Å². The smallest absolute Gasteiger partial charge is 0.229 e. The first-order chi connectivity index (χ1) is 17.9. The van der Waals surface area contributed by atoms with Gasteiger partial charge in [-0.3, -0.25) is 9.19 Å². The molecule has 5 rings (SSSR count). The van der Waals surface area contributed by atoms with Crippen LogP contribution in [-0.4, -0.2) is 61.8 Å². The van der Waals surface area contributed by atoms with Crippen LogP contribution in [0, 0.1) is 0 Å². The molecule has 4 N–H and O–H groups in total. The highest BCUT2D eigenvalue weighted by molar-refractivity contribution is 7.77. The van der Waals surface area contributed by atoms with E-state index in [9.17, 15) is 8.76 Å². The Morgan fingerprint density at radius 2 is 1.84 bits per heavy atom. The zero-order valence-electron chi connectivity index (χ0n) is 20.3. The fourth-order valence-corrected chi connectivity index (χ4v) is 4.63. The Morgan fingerprint density at radius 1 is 1.08 bits per heavy atom. The van der Waals surface area contributed by atoms with E-state index in [1.54, 1.807) is 30.5 Å². The number of nitrogens with one attached hydrogen (secondary N) is 2. The van der Waals surface area contributed by atoms with Gasteiger partial charge < -0.3 is 30.1 Å². The lowest BCUT2D eigenvalue weighted by Gasteiger charge is -2.34. The number of nitrogen functional groups attached to an aromatic ring is 1. The summed E-state index contributed by atoms with van der Waals surface area (Å²) >= 11 is -2.47. The van der Waals surface area contributed by atoms with E-state index >= 15 is 0 Å². The zero-order valence-corrected chi connectivity index (χ0v) is 21.2. The third-order valence-corrected chi connectivity index (χ3v) is 6.74. The van der Waals surface area contributed by atoms with Gasteiger partial charge in [-0.15, -0.1) is 0 Å². The van der Waals surface area contributed by atoms with Crippen LogP contribution in [0.4, 0.5) is 23.1 Å². The molecule has 0 spiro atoms. The van der Waals surface area contributed by atoms with Crippen molar-refractivity contribution in [3.05, 3.63) is 72.9 Å². The van der Waals surface area contributed by atoms with Gasteiger partial charge in [-0.2, -0.15) is 4.98 Å². The SMILES string of the molecule is C=C(NS(=O)[O-])c1cccc(-c2nccc3c(N)nc(Nc4ccc(N5CCN(C)CC5)cc4)nc23)c1. The van der Waals surface area contributed by atoms with Gasteiger partial charge in [0.05, 0.1) is 5.69 Å². The first-order valence-corrected chi connectivity index (χ1v) is 12.8. The summed E-state index contributed by atoms with van der Waals surface area (Å²) in [7, 11) is 2.14. The fraction of sp³-hybridized carbons (Fsp3) is 0.192. The van der Waals surface area contributed by atoms with Crippen molar-refractivity contribution in [3.63, 3.8) is 0 Å². The standard InChI is InChI=1S/C26H28N8O2S/c1-17(32-37(35)36)18-4-3-5-19(16-18)23-24-22(10-11-28-23)25(27)31-26(30-24)29-20-6-8-21(9-7-20)34-14-12-33(2)13-15-34/h3-11,16,32H,1,12-15H2,2H3,(H,35,36)(H3,27,29,30,31)/p-1. The lowest BCUT2D eigenvalue weighted by atomic mass is 10.0. The second kappa shape index (κ2) is 10.5. The van der Waals surface area contributed by atoms with Gasteiger partial charge in [0.2, 0.25) is 5.95 Å². The molecule has 0 bridgehead atoms. The molecular formula is C26H27N8O2S-. The average molecular weight is 516 g/mol. The van der Waals surface area contributed by atoms with Gasteiger partial charge in [-0.25, -0.2) is 4.98 Å². The van der Waals surface area contributed by atoms with E-state index in [-0.39, 0.29) is 5.70 Å². The summed E-state index contributed by atoms with van der Waals surface area (Å²) < 4.78 is 24.3. The van der Waals surface area contributed by atoms with E-state index in [1.165, 1.54) is 5.69 Å². The number of nitrogens with two attached hydrogens (primary N) is 1. The molecule has 3 heterocycles. The molecule has 1 saturated heterocycles. The highest BCUT2D eigenvalue weighted by atomic mass is 32.2. The molecule has 1 aliphatic heterocycles. The Morgan fingerprint density at radius 3 is 2.57 bits per heavy atom. The lowest BCUT2D eigenvalue weighted by Crippen LogP contribution is -2.44.